The molecule has 0 aromatic rings. The van der Waals surface area contributed by atoms with Crippen molar-refractivity contribution in [2.24, 2.45) is 5.92 Å². The normalized spacial score (nSPS) is 28.0. The smallest absolute Gasteiger partial charge is 0.237 e. The van der Waals surface area contributed by atoms with Crippen molar-refractivity contribution in [2.45, 2.75) is 45.1 Å². The largest absolute Gasteiger partial charge is 0.354 e. The van der Waals surface area contributed by atoms with E-state index < -0.39 is 0 Å². The number of nitrogens with zero attached hydrogens (tertiary/aromatic N) is 2. The van der Waals surface area contributed by atoms with Crippen LogP contribution in [0.2, 0.25) is 0 Å². The number of nitrogens with one attached hydrogen (secondary N) is 1. The molecular weight excluding hydrogens is 238 g/mol. The molecule has 0 radical (unpaired) electrons. The van der Waals surface area contributed by atoms with E-state index in [0.717, 1.165) is 26.2 Å². The zero-order valence-corrected chi connectivity index (χ0v) is 12.5. The Morgan fingerprint density at radius 2 is 1.89 bits per heavy atom. The van der Waals surface area contributed by atoms with Crippen LogP contribution in [-0.2, 0) is 4.79 Å². The van der Waals surface area contributed by atoms with E-state index >= 15 is 0 Å². The van der Waals surface area contributed by atoms with Gasteiger partial charge in [-0.25, -0.2) is 0 Å². The van der Waals surface area contributed by atoms with Crippen molar-refractivity contribution in [3.63, 3.8) is 0 Å². The summed E-state index contributed by atoms with van der Waals surface area (Å²) in [7, 11) is 2.15. The Morgan fingerprint density at radius 3 is 2.47 bits per heavy atom. The SMILES string of the molecule is C[C@H](C(=O)NC[C@@H]1CCN(C)C1)N1CCCCCC1. The summed E-state index contributed by atoms with van der Waals surface area (Å²) in [4.78, 5) is 16.9. The standard InChI is InChI=1S/C15H29N3O/c1-13(18-8-5-3-4-6-9-18)15(19)16-11-14-7-10-17(2)12-14/h13-14H,3-12H2,1-2H3,(H,16,19)/t13-,14+/m1/s1. The molecular formula is C15H29N3O. The molecule has 1 amide bonds. The minimum Gasteiger partial charge on any atom is -0.354 e. The predicted octanol–water partition coefficient (Wildman–Crippen LogP) is 1.32. The molecule has 4 heteroatoms. The lowest BCUT2D eigenvalue weighted by Gasteiger charge is -2.27. The summed E-state index contributed by atoms with van der Waals surface area (Å²) >= 11 is 0. The van der Waals surface area contributed by atoms with Crippen molar-refractivity contribution in [1.82, 2.24) is 15.1 Å². The average molecular weight is 267 g/mol. The van der Waals surface area contributed by atoms with Crippen molar-refractivity contribution in [3.05, 3.63) is 0 Å². The van der Waals surface area contributed by atoms with Gasteiger partial charge in [0, 0.05) is 13.1 Å². The third-order valence-electron chi connectivity index (χ3n) is 4.62. The fraction of sp³-hybridized carbons (Fsp3) is 0.933. The van der Waals surface area contributed by atoms with Gasteiger partial charge in [-0.05, 0) is 58.8 Å². The van der Waals surface area contributed by atoms with Crippen molar-refractivity contribution in [2.75, 3.05) is 39.8 Å². The minimum atomic E-state index is 0.0391. The van der Waals surface area contributed by atoms with Crippen molar-refractivity contribution in [3.8, 4) is 0 Å². The number of hydrogen-bond donors (Lipinski definition) is 1. The van der Waals surface area contributed by atoms with Gasteiger partial charge in [0.15, 0.2) is 0 Å². The molecule has 0 spiro atoms. The second-order valence-corrected chi connectivity index (χ2v) is 6.29. The van der Waals surface area contributed by atoms with Crippen LogP contribution in [0.1, 0.15) is 39.0 Å². The third-order valence-corrected chi connectivity index (χ3v) is 4.62. The molecule has 2 rings (SSSR count). The van der Waals surface area contributed by atoms with Gasteiger partial charge in [-0.2, -0.15) is 0 Å². The fourth-order valence-corrected chi connectivity index (χ4v) is 3.23. The summed E-state index contributed by atoms with van der Waals surface area (Å²) in [6, 6.07) is 0.0391. The number of carbonyl (C=O) groups is 1. The van der Waals surface area contributed by atoms with Crippen LogP contribution in [0.3, 0.4) is 0 Å². The van der Waals surface area contributed by atoms with E-state index in [1.807, 2.05) is 0 Å². The Labute approximate surface area is 117 Å². The molecule has 0 bridgehead atoms. The molecule has 1 N–H and O–H groups in total. The van der Waals surface area contributed by atoms with Gasteiger partial charge in [-0.1, -0.05) is 12.8 Å². The van der Waals surface area contributed by atoms with Crippen LogP contribution in [0, 0.1) is 5.92 Å². The van der Waals surface area contributed by atoms with E-state index in [1.165, 1.54) is 38.6 Å². The molecule has 0 unspecified atom stereocenters. The maximum atomic E-state index is 12.2. The zero-order valence-electron chi connectivity index (χ0n) is 12.5. The Hall–Kier alpha value is -0.610. The fourth-order valence-electron chi connectivity index (χ4n) is 3.23. The first kappa shape index (κ1) is 14.8. The van der Waals surface area contributed by atoms with Crippen molar-refractivity contribution < 1.29 is 4.79 Å². The Morgan fingerprint density at radius 1 is 1.21 bits per heavy atom. The van der Waals surface area contributed by atoms with E-state index in [2.05, 4.69) is 29.1 Å². The lowest BCUT2D eigenvalue weighted by molar-refractivity contribution is -0.126. The molecule has 110 valence electrons. The Kier molecular flexibility index (Phi) is 5.64. The average Bonchev–Trinajstić information content (AvgIpc) is 2.67. The molecule has 2 fully saturated rings. The molecule has 0 saturated carbocycles. The third kappa shape index (κ3) is 4.46. The van der Waals surface area contributed by atoms with E-state index in [1.54, 1.807) is 0 Å². The summed E-state index contributed by atoms with van der Waals surface area (Å²) in [6.07, 6.45) is 6.34. The van der Waals surface area contributed by atoms with Gasteiger partial charge in [0.2, 0.25) is 5.91 Å². The zero-order chi connectivity index (χ0) is 13.7. The van der Waals surface area contributed by atoms with E-state index in [4.69, 9.17) is 0 Å². The number of likely N-dealkylation sites (tertiary alicyclic amines) is 2. The van der Waals surface area contributed by atoms with Crippen molar-refractivity contribution >= 4 is 5.91 Å². The van der Waals surface area contributed by atoms with Crippen molar-refractivity contribution in [1.29, 1.82) is 0 Å². The Balaban J connectivity index is 1.72. The van der Waals surface area contributed by atoms with Crippen LogP contribution >= 0.6 is 0 Å². The summed E-state index contributed by atoms with van der Waals surface area (Å²) in [5, 5.41) is 3.16. The van der Waals surface area contributed by atoms with Crippen LogP contribution in [-0.4, -0.2) is 61.5 Å². The highest BCUT2D eigenvalue weighted by Gasteiger charge is 2.24. The maximum absolute atomic E-state index is 12.2. The first-order chi connectivity index (χ1) is 9.16. The molecule has 2 heterocycles. The molecule has 2 aliphatic heterocycles. The second kappa shape index (κ2) is 7.25. The number of amides is 1. The van der Waals surface area contributed by atoms with Gasteiger partial charge in [-0.3, -0.25) is 9.69 Å². The van der Waals surface area contributed by atoms with Crippen LogP contribution < -0.4 is 5.32 Å². The van der Waals surface area contributed by atoms with Gasteiger partial charge in [0.05, 0.1) is 6.04 Å². The molecule has 4 nitrogen and oxygen atoms in total. The van der Waals surface area contributed by atoms with Gasteiger partial charge >= 0.3 is 0 Å². The summed E-state index contributed by atoms with van der Waals surface area (Å²) < 4.78 is 0. The lowest BCUT2D eigenvalue weighted by Crippen LogP contribution is -2.46. The summed E-state index contributed by atoms with van der Waals surface area (Å²) in [5.41, 5.74) is 0. The van der Waals surface area contributed by atoms with Gasteiger partial charge in [-0.15, -0.1) is 0 Å². The van der Waals surface area contributed by atoms with Crippen LogP contribution in [0.5, 0.6) is 0 Å². The first-order valence-corrected chi connectivity index (χ1v) is 7.87. The lowest BCUT2D eigenvalue weighted by atomic mass is 10.1. The van der Waals surface area contributed by atoms with E-state index in [0.29, 0.717) is 5.92 Å². The van der Waals surface area contributed by atoms with Gasteiger partial charge < -0.3 is 10.2 Å². The highest BCUT2D eigenvalue weighted by atomic mass is 16.2. The van der Waals surface area contributed by atoms with E-state index in [-0.39, 0.29) is 11.9 Å². The summed E-state index contributed by atoms with van der Waals surface area (Å²) in [6.45, 7) is 7.37. The van der Waals surface area contributed by atoms with Crippen LogP contribution in [0.15, 0.2) is 0 Å². The van der Waals surface area contributed by atoms with Crippen LogP contribution in [0.4, 0.5) is 0 Å². The number of rotatable bonds is 4. The summed E-state index contributed by atoms with van der Waals surface area (Å²) in [5.74, 6) is 0.863. The maximum Gasteiger partial charge on any atom is 0.237 e. The molecule has 0 aliphatic carbocycles. The van der Waals surface area contributed by atoms with Gasteiger partial charge in [0.25, 0.3) is 0 Å². The highest BCUT2D eigenvalue weighted by molar-refractivity contribution is 5.81. The molecule has 2 atom stereocenters. The molecule has 0 aromatic heterocycles. The Bertz CT molecular complexity index is 287. The van der Waals surface area contributed by atoms with Crippen LogP contribution in [0.25, 0.3) is 0 Å². The molecule has 2 aliphatic rings. The minimum absolute atomic E-state index is 0.0391. The predicted molar refractivity (Wildman–Crippen MR) is 78.1 cm³/mol. The molecule has 19 heavy (non-hydrogen) atoms. The highest BCUT2D eigenvalue weighted by Crippen LogP contribution is 2.14. The number of hydrogen-bond acceptors (Lipinski definition) is 3. The van der Waals surface area contributed by atoms with E-state index in [9.17, 15) is 4.79 Å². The topological polar surface area (TPSA) is 35.6 Å². The molecule has 2 saturated heterocycles. The first-order valence-electron chi connectivity index (χ1n) is 7.87. The molecule has 0 aromatic carbocycles. The van der Waals surface area contributed by atoms with Gasteiger partial charge in [0.1, 0.15) is 0 Å². The second-order valence-electron chi connectivity index (χ2n) is 6.29. The monoisotopic (exact) mass is 267 g/mol. The number of carbonyl (C=O) groups excluding carboxylic acids is 1. The quantitative estimate of drug-likeness (QED) is 0.834.